The number of carbonyl (C=O) groups is 2. The first-order chi connectivity index (χ1) is 20.6. The molecule has 220 valence electrons. The van der Waals surface area contributed by atoms with Crippen molar-refractivity contribution in [1.82, 2.24) is 25.1 Å². The summed E-state index contributed by atoms with van der Waals surface area (Å²) in [5, 5.41) is 9.51. The molecule has 3 aliphatic rings. The van der Waals surface area contributed by atoms with E-state index in [4.69, 9.17) is 9.72 Å². The van der Waals surface area contributed by atoms with E-state index in [1.807, 2.05) is 47.4 Å². The van der Waals surface area contributed by atoms with Crippen LogP contribution in [-0.2, 0) is 14.3 Å². The van der Waals surface area contributed by atoms with Crippen molar-refractivity contribution in [3.8, 4) is 11.3 Å². The first kappa shape index (κ1) is 28.1. The predicted molar refractivity (Wildman–Crippen MR) is 163 cm³/mol. The molecule has 4 heterocycles. The van der Waals surface area contributed by atoms with Gasteiger partial charge in [0.25, 0.3) is 0 Å². The number of amides is 2. The Morgan fingerprint density at radius 1 is 0.905 bits per heavy atom. The normalized spacial score (nSPS) is 19.5. The second kappa shape index (κ2) is 13.3. The summed E-state index contributed by atoms with van der Waals surface area (Å²) in [4.78, 5) is 40.7. The van der Waals surface area contributed by atoms with E-state index in [9.17, 15) is 9.59 Å². The summed E-state index contributed by atoms with van der Waals surface area (Å²) in [5.74, 6) is 0.729. The second-order valence-electron chi connectivity index (χ2n) is 10.9. The summed E-state index contributed by atoms with van der Waals surface area (Å²) in [6.07, 6.45) is 3.64. The lowest BCUT2D eigenvalue weighted by atomic mass is 10.1. The topological polar surface area (TPSA) is 115 Å². The van der Waals surface area contributed by atoms with Gasteiger partial charge in [-0.2, -0.15) is 0 Å². The molecule has 11 nitrogen and oxygen atoms in total. The molecule has 11 heteroatoms. The van der Waals surface area contributed by atoms with E-state index in [1.165, 1.54) is 0 Å². The minimum Gasteiger partial charge on any atom is -0.379 e. The van der Waals surface area contributed by atoms with Crippen molar-refractivity contribution >= 4 is 34.8 Å². The van der Waals surface area contributed by atoms with Gasteiger partial charge in [-0.25, -0.2) is 9.97 Å². The quantitative estimate of drug-likeness (QED) is 0.376. The average molecular weight is 571 g/mol. The van der Waals surface area contributed by atoms with Gasteiger partial charge in [0.2, 0.25) is 17.8 Å². The highest BCUT2D eigenvalue weighted by Crippen LogP contribution is 2.24. The van der Waals surface area contributed by atoms with Crippen LogP contribution in [-0.4, -0.2) is 103 Å². The lowest BCUT2D eigenvalue weighted by molar-refractivity contribution is -0.133. The highest BCUT2D eigenvalue weighted by Gasteiger charge is 2.24. The molecule has 3 saturated heterocycles. The van der Waals surface area contributed by atoms with Crippen LogP contribution in [0.25, 0.3) is 11.3 Å². The van der Waals surface area contributed by atoms with Gasteiger partial charge in [0.1, 0.15) is 0 Å². The highest BCUT2D eigenvalue weighted by molar-refractivity contribution is 5.95. The van der Waals surface area contributed by atoms with E-state index in [1.54, 1.807) is 6.20 Å². The van der Waals surface area contributed by atoms with Crippen LogP contribution < -0.4 is 20.9 Å². The van der Waals surface area contributed by atoms with Gasteiger partial charge in [0.15, 0.2) is 0 Å². The van der Waals surface area contributed by atoms with Crippen molar-refractivity contribution < 1.29 is 14.3 Å². The Morgan fingerprint density at radius 3 is 2.36 bits per heavy atom. The molecule has 3 aromatic rings. The average Bonchev–Trinajstić information content (AvgIpc) is 3.58. The lowest BCUT2D eigenvalue weighted by Gasteiger charge is -2.37. The molecule has 6 rings (SSSR count). The van der Waals surface area contributed by atoms with E-state index in [0.717, 1.165) is 87.0 Å². The van der Waals surface area contributed by atoms with Crippen LogP contribution in [0.1, 0.15) is 12.8 Å². The van der Waals surface area contributed by atoms with Gasteiger partial charge in [-0.3, -0.25) is 14.5 Å². The predicted octanol–water partition coefficient (Wildman–Crippen LogP) is 2.56. The van der Waals surface area contributed by atoms with E-state index >= 15 is 0 Å². The number of hydrogen-bond acceptors (Lipinski definition) is 9. The Hall–Kier alpha value is -4.06. The number of piperazine rings is 1. The summed E-state index contributed by atoms with van der Waals surface area (Å²) in [5.41, 5.74) is 4.53. The summed E-state index contributed by atoms with van der Waals surface area (Å²) >= 11 is 0. The van der Waals surface area contributed by atoms with Gasteiger partial charge in [0, 0.05) is 68.1 Å². The number of nitrogens with one attached hydrogen (secondary N) is 3. The maximum atomic E-state index is 12.7. The van der Waals surface area contributed by atoms with Crippen molar-refractivity contribution in [3.05, 3.63) is 60.8 Å². The zero-order chi connectivity index (χ0) is 28.7. The van der Waals surface area contributed by atoms with Gasteiger partial charge in [0.05, 0.1) is 31.5 Å². The molecule has 0 unspecified atom stereocenters. The maximum Gasteiger partial charge on any atom is 0.241 e. The molecule has 1 aromatic heterocycles. The van der Waals surface area contributed by atoms with Crippen LogP contribution in [0.5, 0.6) is 0 Å². The van der Waals surface area contributed by atoms with Gasteiger partial charge >= 0.3 is 0 Å². The fourth-order valence-electron chi connectivity index (χ4n) is 5.59. The van der Waals surface area contributed by atoms with Gasteiger partial charge < -0.3 is 30.5 Å². The number of nitrogens with zero attached hydrogens (tertiary/aromatic N) is 5. The zero-order valence-electron chi connectivity index (χ0n) is 23.8. The summed E-state index contributed by atoms with van der Waals surface area (Å²) in [6.45, 7) is 7.53. The van der Waals surface area contributed by atoms with Crippen LogP contribution >= 0.6 is 0 Å². The molecule has 42 heavy (non-hydrogen) atoms. The Kier molecular flexibility index (Phi) is 8.88. The van der Waals surface area contributed by atoms with Crippen LogP contribution in [0.2, 0.25) is 0 Å². The number of carbonyl (C=O) groups excluding carboxylic acids is 2. The molecule has 3 N–H and O–H groups in total. The standard InChI is InChI=1S/C31H38N8O3/c40-29(22-37-18-20-42-21-19-37)39-16-14-38(15-17-39)26-9-7-25(8-10-26)35-31-33-13-11-27(36-31)23-3-5-24(6-4-23)34-30(41)28-2-1-12-32-28/h3-11,13,28,32H,1-2,12,14-22H2,(H,34,41)(H,33,35,36)/t28-/m1/s1. The van der Waals surface area contributed by atoms with Crippen molar-refractivity contribution in [2.45, 2.75) is 18.9 Å². The molecule has 2 amide bonds. The molecule has 0 aliphatic carbocycles. The number of aromatic nitrogens is 2. The molecule has 3 aliphatic heterocycles. The van der Waals surface area contributed by atoms with E-state index in [2.05, 4.69) is 42.9 Å². The largest absolute Gasteiger partial charge is 0.379 e. The highest BCUT2D eigenvalue weighted by atomic mass is 16.5. The lowest BCUT2D eigenvalue weighted by Crippen LogP contribution is -2.52. The minimum absolute atomic E-state index is 0.0108. The molecule has 1 atom stereocenters. The van der Waals surface area contributed by atoms with E-state index < -0.39 is 0 Å². The summed E-state index contributed by atoms with van der Waals surface area (Å²) < 4.78 is 5.38. The third-order valence-electron chi connectivity index (χ3n) is 8.06. The van der Waals surface area contributed by atoms with Crippen LogP contribution in [0.15, 0.2) is 60.8 Å². The van der Waals surface area contributed by atoms with Crippen LogP contribution in [0.3, 0.4) is 0 Å². The maximum absolute atomic E-state index is 12.7. The van der Waals surface area contributed by atoms with Crippen LogP contribution in [0, 0.1) is 0 Å². The van der Waals surface area contributed by atoms with Crippen molar-refractivity contribution in [2.75, 3.05) is 81.1 Å². The molecular weight excluding hydrogens is 532 g/mol. The van der Waals surface area contributed by atoms with Gasteiger partial charge in [-0.05, 0) is 61.9 Å². The molecule has 0 spiro atoms. The third-order valence-corrected chi connectivity index (χ3v) is 8.06. The minimum atomic E-state index is -0.110. The Labute approximate surface area is 246 Å². The Balaban J connectivity index is 1.00. The second-order valence-corrected chi connectivity index (χ2v) is 10.9. The summed E-state index contributed by atoms with van der Waals surface area (Å²) in [7, 11) is 0. The fourth-order valence-corrected chi connectivity index (χ4v) is 5.59. The molecule has 0 saturated carbocycles. The molecule has 0 bridgehead atoms. The number of anilines is 4. The van der Waals surface area contributed by atoms with Crippen molar-refractivity contribution in [3.63, 3.8) is 0 Å². The van der Waals surface area contributed by atoms with Gasteiger partial charge in [-0.15, -0.1) is 0 Å². The van der Waals surface area contributed by atoms with Crippen molar-refractivity contribution in [1.29, 1.82) is 0 Å². The number of benzene rings is 2. The van der Waals surface area contributed by atoms with E-state index in [-0.39, 0.29) is 17.9 Å². The first-order valence-electron chi connectivity index (χ1n) is 14.8. The van der Waals surface area contributed by atoms with Gasteiger partial charge in [-0.1, -0.05) is 12.1 Å². The number of ether oxygens (including phenoxy) is 1. The number of morpholine rings is 1. The Bertz CT molecular complexity index is 1350. The monoisotopic (exact) mass is 570 g/mol. The first-order valence-corrected chi connectivity index (χ1v) is 14.8. The smallest absolute Gasteiger partial charge is 0.241 e. The molecule has 0 radical (unpaired) electrons. The SMILES string of the molecule is O=C(Nc1ccc(-c2ccnc(Nc3ccc(N4CCN(C(=O)CN5CCOCC5)CC4)cc3)n2)cc1)[C@H]1CCCN1. The number of hydrogen-bond donors (Lipinski definition) is 3. The molecular formula is C31H38N8O3. The summed E-state index contributed by atoms with van der Waals surface area (Å²) in [6, 6.07) is 17.7. The third kappa shape index (κ3) is 7.04. The molecule has 3 fully saturated rings. The van der Waals surface area contributed by atoms with Crippen molar-refractivity contribution in [2.24, 2.45) is 0 Å². The fraction of sp³-hybridized carbons (Fsp3) is 0.419. The Morgan fingerprint density at radius 2 is 1.64 bits per heavy atom. The number of rotatable bonds is 8. The van der Waals surface area contributed by atoms with Crippen LogP contribution in [0.4, 0.5) is 23.0 Å². The zero-order valence-corrected chi connectivity index (χ0v) is 23.8. The van der Waals surface area contributed by atoms with E-state index in [0.29, 0.717) is 25.7 Å². The molecule has 2 aromatic carbocycles.